The number of nitrogens with one attached hydrogen (secondary N) is 1. The number of rotatable bonds is 3. The molecule has 2 heterocycles. The highest BCUT2D eigenvalue weighted by Gasteiger charge is 2.31. The standard InChI is InChI=1S/C15H22N4O2/c1-11-15(21)16-9-14(20)18(11)10-12-7-8-19(17-12)13-5-3-2-4-6-13/h7-8,11,13H,2-6,9-10H2,1H3,(H,16,21). The number of piperazine rings is 1. The Labute approximate surface area is 124 Å². The van der Waals surface area contributed by atoms with Crippen LogP contribution in [0, 0.1) is 0 Å². The van der Waals surface area contributed by atoms with Crippen LogP contribution in [0.3, 0.4) is 0 Å². The smallest absolute Gasteiger partial charge is 0.242 e. The van der Waals surface area contributed by atoms with Gasteiger partial charge in [-0.25, -0.2) is 0 Å². The second-order valence-corrected chi connectivity index (χ2v) is 5.99. The minimum absolute atomic E-state index is 0.0469. The highest BCUT2D eigenvalue weighted by molar-refractivity contribution is 5.94. The van der Waals surface area contributed by atoms with E-state index in [1.165, 1.54) is 32.1 Å². The Bertz CT molecular complexity index is 534. The average Bonchev–Trinajstić information content (AvgIpc) is 2.97. The van der Waals surface area contributed by atoms with Crippen LogP contribution in [0.5, 0.6) is 0 Å². The van der Waals surface area contributed by atoms with Gasteiger partial charge in [0.15, 0.2) is 0 Å². The first kappa shape index (κ1) is 14.1. The lowest BCUT2D eigenvalue weighted by Crippen LogP contribution is -2.56. The Morgan fingerprint density at radius 1 is 1.29 bits per heavy atom. The average molecular weight is 290 g/mol. The van der Waals surface area contributed by atoms with Gasteiger partial charge in [-0.05, 0) is 25.8 Å². The minimum atomic E-state index is -0.425. The summed E-state index contributed by atoms with van der Waals surface area (Å²) in [6.07, 6.45) is 8.22. The number of amides is 2. The van der Waals surface area contributed by atoms with Gasteiger partial charge in [0.2, 0.25) is 11.8 Å². The van der Waals surface area contributed by atoms with E-state index in [0.29, 0.717) is 12.6 Å². The predicted molar refractivity (Wildman–Crippen MR) is 77.4 cm³/mol. The van der Waals surface area contributed by atoms with E-state index in [0.717, 1.165) is 5.69 Å². The summed E-state index contributed by atoms with van der Waals surface area (Å²) in [6, 6.07) is 2.03. The zero-order valence-corrected chi connectivity index (χ0v) is 12.4. The first-order valence-corrected chi connectivity index (χ1v) is 7.76. The van der Waals surface area contributed by atoms with Gasteiger partial charge in [-0.2, -0.15) is 5.10 Å². The van der Waals surface area contributed by atoms with Crippen LogP contribution in [0.4, 0.5) is 0 Å². The molecule has 2 fully saturated rings. The van der Waals surface area contributed by atoms with E-state index in [1.54, 1.807) is 11.8 Å². The summed E-state index contributed by atoms with van der Waals surface area (Å²) in [5.74, 6) is -0.143. The Balaban J connectivity index is 1.68. The predicted octanol–water partition coefficient (Wildman–Crippen LogP) is 1.24. The summed E-state index contributed by atoms with van der Waals surface area (Å²) >= 11 is 0. The molecule has 1 aromatic heterocycles. The van der Waals surface area contributed by atoms with Crippen LogP contribution in [-0.2, 0) is 16.1 Å². The first-order valence-electron chi connectivity index (χ1n) is 7.76. The van der Waals surface area contributed by atoms with E-state index < -0.39 is 6.04 Å². The number of carbonyl (C=O) groups excluding carboxylic acids is 2. The number of carbonyl (C=O) groups is 2. The molecule has 1 atom stereocenters. The van der Waals surface area contributed by atoms with E-state index >= 15 is 0 Å². The normalized spacial score (nSPS) is 24.2. The molecule has 2 aliphatic rings. The summed E-state index contributed by atoms with van der Waals surface area (Å²) in [4.78, 5) is 25.2. The van der Waals surface area contributed by atoms with Gasteiger partial charge >= 0.3 is 0 Å². The lowest BCUT2D eigenvalue weighted by atomic mass is 9.96. The van der Waals surface area contributed by atoms with Gasteiger partial charge in [-0.15, -0.1) is 0 Å². The summed E-state index contributed by atoms with van der Waals surface area (Å²) in [6.45, 7) is 2.25. The molecule has 0 radical (unpaired) electrons. The number of hydrogen-bond donors (Lipinski definition) is 1. The van der Waals surface area contributed by atoms with Crippen LogP contribution in [-0.4, -0.2) is 39.1 Å². The molecule has 1 aliphatic heterocycles. The lowest BCUT2D eigenvalue weighted by molar-refractivity contribution is -0.145. The molecule has 3 rings (SSSR count). The SMILES string of the molecule is CC1C(=O)NCC(=O)N1Cc1ccn(C2CCCCC2)n1. The molecule has 21 heavy (non-hydrogen) atoms. The third-order valence-electron chi connectivity index (χ3n) is 4.53. The molecule has 1 aromatic rings. The monoisotopic (exact) mass is 290 g/mol. The number of aromatic nitrogens is 2. The molecule has 1 saturated carbocycles. The van der Waals surface area contributed by atoms with Gasteiger partial charge in [0.25, 0.3) is 0 Å². The van der Waals surface area contributed by atoms with Crippen molar-refractivity contribution in [3.63, 3.8) is 0 Å². The van der Waals surface area contributed by atoms with E-state index in [1.807, 2.05) is 16.9 Å². The van der Waals surface area contributed by atoms with Gasteiger partial charge in [0, 0.05) is 6.20 Å². The maximum atomic E-state index is 11.9. The van der Waals surface area contributed by atoms with Crippen molar-refractivity contribution in [3.8, 4) is 0 Å². The highest BCUT2D eigenvalue weighted by Crippen LogP contribution is 2.27. The van der Waals surface area contributed by atoms with Gasteiger partial charge in [0.1, 0.15) is 6.04 Å². The second-order valence-electron chi connectivity index (χ2n) is 5.99. The summed E-state index contributed by atoms with van der Waals surface area (Å²) in [5, 5.41) is 7.21. The molecule has 6 nitrogen and oxygen atoms in total. The zero-order valence-electron chi connectivity index (χ0n) is 12.4. The van der Waals surface area contributed by atoms with Crippen LogP contribution in [0.25, 0.3) is 0 Å². The molecule has 1 unspecified atom stereocenters. The van der Waals surface area contributed by atoms with Crippen molar-refractivity contribution in [2.75, 3.05) is 6.54 Å². The van der Waals surface area contributed by atoms with E-state index in [4.69, 9.17) is 0 Å². The molecule has 0 aromatic carbocycles. The molecule has 0 spiro atoms. The largest absolute Gasteiger partial charge is 0.345 e. The summed E-state index contributed by atoms with van der Waals surface area (Å²) in [5.41, 5.74) is 0.857. The number of nitrogens with zero attached hydrogens (tertiary/aromatic N) is 3. The minimum Gasteiger partial charge on any atom is -0.345 e. The Morgan fingerprint density at radius 2 is 2.05 bits per heavy atom. The maximum Gasteiger partial charge on any atom is 0.242 e. The molecular weight excluding hydrogens is 268 g/mol. The Kier molecular flexibility index (Phi) is 3.94. The van der Waals surface area contributed by atoms with Crippen molar-refractivity contribution in [2.45, 2.75) is 57.7 Å². The van der Waals surface area contributed by atoms with Crippen molar-refractivity contribution in [2.24, 2.45) is 0 Å². The van der Waals surface area contributed by atoms with E-state index in [-0.39, 0.29) is 18.4 Å². The zero-order chi connectivity index (χ0) is 14.8. The van der Waals surface area contributed by atoms with Gasteiger partial charge < -0.3 is 10.2 Å². The molecule has 1 N–H and O–H groups in total. The second kappa shape index (κ2) is 5.87. The van der Waals surface area contributed by atoms with Crippen LogP contribution < -0.4 is 5.32 Å². The fraction of sp³-hybridized carbons (Fsp3) is 0.667. The van der Waals surface area contributed by atoms with Crippen molar-refractivity contribution in [1.29, 1.82) is 0 Å². The van der Waals surface area contributed by atoms with Gasteiger partial charge in [-0.1, -0.05) is 19.3 Å². The van der Waals surface area contributed by atoms with Crippen LogP contribution in [0.2, 0.25) is 0 Å². The third kappa shape index (κ3) is 2.94. The molecular formula is C15H22N4O2. The summed E-state index contributed by atoms with van der Waals surface area (Å²) < 4.78 is 2.04. The quantitative estimate of drug-likeness (QED) is 0.910. The van der Waals surface area contributed by atoms with Gasteiger partial charge in [-0.3, -0.25) is 14.3 Å². The Morgan fingerprint density at radius 3 is 2.81 bits per heavy atom. The van der Waals surface area contributed by atoms with Crippen molar-refractivity contribution in [1.82, 2.24) is 20.0 Å². The van der Waals surface area contributed by atoms with Crippen LogP contribution >= 0.6 is 0 Å². The van der Waals surface area contributed by atoms with E-state index in [9.17, 15) is 9.59 Å². The molecule has 2 amide bonds. The number of hydrogen-bond acceptors (Lipinski definition) is 3. The first-order chi connectivity index (χ1) is 10.1. The van der Waals surface area contributed by atoms with E-state index in [2.05, 4.69) is 10.4 Å². The topological polar surface area (TPSA) is 67.2 Å². The molecule has 1 aliphatic carbocycles. The maximum absolute atomic E-state index is 11.9. The molecule has 6 heteroatoms. The fourth-order valence-corrected chi connectivity index (χ4v) is 3.18. The van der Waals surface area contributed by atoms with Crippen molar-refractivity contribution < 1.29 is 9.59 Å². The van der Waals surface area contributed by atoms with Crippen molar-refractivity contribution in [3.05, 3.63) is 18.0 Å². The molecule has 1 saturated heterocycles. The van der Waals surface area contributed by atoms with Crippen molar-refractivity contribution >= 4 is 11.8 Å². The Hall–Kier alpha value is -1.85. The summed E-state index contributed by atoms with van der Waals surface area (Å²) in [7, 11) is 0. The highest BCUT2D eigenvalue weighted by atomic mass is 16.2. The van der Waals surface area contributed by atoms with Gasteiger partial charge in [0.05, 0.1) is 24.8 Å². The third-order valence-corrected chi connectivity index (χ3v) is 4.53. The molecule has 114 valence electrons. The van der Waals surface area contributed by atoms with Crippen LogP contribution in [0.1, 0.15) is 50.8 Å². The lowest BCUT2D eigenvalue weighted by Gasteiger charge is -2.32. The molecule has 0 bridgehead atoms. The fourth-order valence-electron chi connectivity index (χ4n) is 3.18. The van der Waals surface area contributed by atoms with Crippen LogP contribution in [0.15, 0.2) is 12.3 Å².